The van der Waals surface area contributed by atoms with Gasteiger partial charge in [-0.2, -0.15) is 0 Å². The Kier molecular flexibility index (Phi) is 3.82. The van der Waals surface area contributed by atoms with Crippen molar-refractivity contribution in [2.75, 3.05) is 11.4 Å². The van der Waals surface area contributed by atoms with Crippen molar-refractivity contribution < 1.29 is 12.8 Å². The van der Waals surface area contributed by atoms with E-state index in [-0.39, 0.29) is 15.6 Å². The highest BCUT2D eigenvalue weighted by Crippen LogP contribution is 2.22. The zero-order valence-electron chi connectivity index (χ0n) is 10.3. The fraction of sp³-hybridized carbons (Fsp3) is 0.0833. The van der Waals surface area contributed by atoms with E-state index in [9.17, 15) is 17.6 Å². The van der Waals surface area contributed by atoms with Crippen LogP contribution in [-0.2, 0) is 10.0 Å². The first-order valence-electron chi connectivity index (χ1n) is 5.45. The number of nitrogens with zero attached hydrogens (tertiary/aromatic N) is 1. The summed E-state index contributed by atoms with van der Waals surface area (Å²) in [7, 11) is -2.57. The van der Waals surface area contributed by atoms with E-state index in [0.29, 0.717) is 0 Å². The third-order valence-electron chi connectivity index (χ3n) is 2.68. The average molecular weight is 317 g/mol. The van der Waals surface area contributed by atoms with Gasteiger partial charge in [0.25, 0.3) is 15.6 Å². The van der Waals surface area contributed by atoms with Gasteiger partial charge in [0, 0.05) is 13.2 Å². The molecule has 0 fully saturated rings. The molecule has 0 atom stereocenters. The normalized spacial score (nSPS) is 11.3. The number of pyridine rings is 1. The van der Waals surface area contributed by atoms with Gasteiger partial charge in [0.15, 0.2) is 0 Å². The number of sulfonamides is 1. The molecule has 20 heavy (non-hydrogen) atoms. The van der Waals surface area contributed by atoms with Gasteiger partial charge in [-0.3, -0.25) is 9.10 Å². The van der Waals surface area contributed by atoms with Crippen molar-refractivity contribution in [3.8, 4) is 0 Å². The Bertz CT molecular complexity index is 787. The van der Waals surface area contributed by atoms with Crippen LogP contribution >= 0.6 is 11.6 Å². The predicted molar refractivity (Wildman–Crippen MR) is 74.1 cm³/mol. The van der Waals surface area contributed by atoms with Crippen LogP contribution in [0.1, 0.15) is 0 Å². The van der Waals surface area contributed by atoms with Crippen molar-refractivity contribution >= 4 is 27.3 Å². The lowest BCUT2D eigenvalue weighted by atomic mass is 10.3. The van der Waals surface area contributed by atoms with Crippen LogP contribution < -0.4 is 9.86 Å². The first-order chi connectivity index (χ1) is 9.32. The molecule has 1 N–H and O–H groups in total. The second-order valence-electron chi connectivity index (χ2n) is 3.96. The fourth-order valence-corrected chi connectivity index (χ4v) is 2.96. The maximum atomic E-state index is 12.8. The third-order valence-corrected chi connectivity index (χ3v) is 4.72. The molecule has 0 radical (unpaired) electrons. The van der Waals surface area contributed by atoms with Crippen LogP contribution in [0.5, 0.6) is 0 Å². The monoisotopic (exact) mass is 316 g/mol. The lowest BCUT2D eigenvalue weighted by molar-refractivity contribution is 0.593. The zero-order valence-corrected chi connectivity index (χ0v) is 11.9. The van der Waals surface area contributed by atoms with Gasteiger partial charge in [-0.1, -0.05) is 11.6 Å². The van der Waals surface area contributed by atoms with Crippen molar-refractivity contribution in [2.45, 2.75) is 4.90 Å². The number of aromatic nitrogens is 1. The summed E-state index contributed by atoms with van der Waals surface area (Å²) < 4.78 is 38.5. The van der Waals surface area contributed by atoms with Gasteiger partial charge in [0.05, 0.1) is 5.69 Å². The van der Waals surface area contributed by atoms with E-state index in [0.717, 1.165) is 28.7 Å². The molecule has 1 heterocycles. The molecule has 0 aliphatic rings. The molecule has 0 spiro atoms. The molecular formula is C12H10ClFN2O3S. The van der Waals surface area contributed by atoms with Crippen LogP contribution in [0.3, 0.4) is 0 Å². The highest BCUT2D eigenvalue weighted by molar-refractivity contribution is 7.92. The molecule has 0 aliphatic heterocycles. The molecule has 0 unspecified atom stereocenters. The van der Waals surface area contributed by atoms with Gasteiger partial charge >= 0.3 is 0 Å². The van der Waals surface area contributed by atoms with Crippen LogP contribution in [0.25, 0.3) is 0 Å². The molecule has 1 aromatic carbocycles. The summed E-state index contributed by atoms with van der Waals surface area (Å²) in [6.07, 6.45) is 1.06. The van der Waals surface area contributed by atoms with Crippen LogP contribution in [0.2, 0.25) is 5.02 Å². The third kappa shape index (κ3) is 2.68. The van der Waals surface area contributed by atoms with Crippen molar-refractivity contribution in [2.24, 2.45) is 0 Å². The number of aromatic amines is 1. The Morgan fingerprint density at radius 3 is 2.40 bits per heavy atom. The minimum Gasteiger partial charge on any atom is -0.326 e. The molecule has 0 saturated carbocycles. The van der Waals surface area contributed by atoms with Gasteiger partial charge in [0.1, 0.15) is 15.7 Å². The van der Waals surface area contributed by atoms with Gasteiger partial charge in [0.2, 0.25) is 0 Å². The quantitative estimate of drug-likeness (QED) is 0.941. The Morgan fingerprint density at radius 1 is 1.25 bits per heavy atom. The number of H-pyrrole nitrogens is 1. The summed E-state index contributed by atoms with van der Waals surface area (Å²) in [6.45, 7) is 0. The summed E-state index contributed by atoms with van der Waals surface area (Å²) in [5, 5.41) is -0.224. The maximum absolute atomic E-state index is 12.8. The lowest BCUT2D eigenvalue weighted by Gasteiger charge is -2.19. The lowest BCUT2D eigenvalue weighted by Crippen LogP contribution is -2.27. The highest BCUT2D eigenvalue weighted by atomic mass is 35.5. The SMILES string of the molecule is CN(c1ccc(F)cc1)S(=O)(=O)c1c[nH]c(=O)c(Cl)c1. The smallest absolute Gasteiger partial charge is 0.266 e. The highest BCUT2D eigenvalue weighted by Gasteiger charge is 2.22. The van der Waals surface area contributed by atoms with E-state index in [1.807, 2.05) is 0 Å². The standard InChI is InChI=1S/C12H10ClFN2O3S/c1-16(9-4-2-8(14)3-5-9)20(18,19)10-6-11(13)12(17)15-7-10/h2-7H,1H3,(H,15,17). The summed E-state index contributed by atoms with van der Waals surface area (Å²) >= 11 is 5.62. The molecule has 0 bridgehead atoms. The van der Waals surface area contributed by atoms with Crippen molar-refractivity contribution in [3.05, 3.63) is 57.7 Å². The molecule has 0 aliphatic carbocycles. The number of rotatable bonds is 3. The van der Waals surface area contributed by atoms with Crippen LogP contribution in [0, 0.1) is 5.82 Å². The van der Waals surface area contributed by atoms with Crippen molar-refractivity contribution in [3.63, 3.8) is 0 Å². The van der Waals surface area contributed by atoms with E-state index in [2.05, 4.69) is 4.98 Å². The van der Waals surface area contributed by atoms with Crippen molar-refractivity contribution in [1.29, 1.82) is 0 Å². The van der Waals surface area contributed by atoms with E-state index in [1.165, 1.54) is 19.2 Å². The van der Waals surface area contributed by atoms with Gasteiger partial charge in [-0.25, -0.2) is 12.8 Å². The summed E-state index contributed by atoms with van der Waals surface area (Å²) in [4.78, 5) is 13.2. The Balaban J connectivity index is 2.46. The molecule has 0 amide bonds. The molecular weight excluding hydrogens is 307 g/mol. The molecule has 106 valence electrons. The number of hydrogen-bond donors (Lipinski definition) is 1. The Labute approximate surface area is 119 Å². The predicted octanol–water partition coefficient (Wildman–Crippen LogP) is 1.99. The van der Waals surface area contributed by atoms with Crippen LogP contribution in [0.4, 0.5) is 10.1 Å². The van der Waals surface area contributed by atoms with Gasteiger partial charge in [-0.15, -0.1) is 0 Å². The van der Waals surface area contributed by atoms with Gasteiger partial charge in [-0.05, 0) is 30.3 Å². The molecule has 1 aromatic heterocycles. The summed E-state index contributed by atoms with van der Waals surface area (Å²) in [5.41, 5.74) is -0.288. The molecule has 2 aromatic rings. The van der Waals surface area contributed by atoms with Crippen LogP contribution in [-0.4, -0.2) is 20.4 Å². The van der Waals surface area contributed by atoms with E-state index in [4.69, 9.17) is 11.6 Å². The van der Waals surface area contributed by atoms with Crippen LogP contribution in [0.15, 0.2) is 46.2 Å². The van der Waals surface area contributed by atoms with E-state index < -0.39 is 21.4 Å². The molecule has 2 rings (SSSR count). The molecule has 8 heteroatoms. The number of nitrogens with one attached hydrogen (secondary N) is 1. The summed E-state index contributed by atoms with van der Waals surface area (Å²) in [6, 6.07) is 6.04. The number of hydrogen-bond acceptors (Lipinski definition) is 3. The largest absolute Gasteiger partial charge is 0.326 e. The Morgan fingerprint density at radius 2 is 1.85 bits per heavy atom. The minimum atomic E-state index is -3.89. The van der Waals surface area contributed by atoms with E-state index in [1.54, 1.807) is 0 Å². The summed E-state index contributed by atoms with van der Waals surface area (Å²) in [5.74, 6) is -0.466. The first-order valence-corrected chi connectivity index (χ1v) is 7.27. The van der Waals surface area contributed by atoms with E-state index >= 15 is 0 Å². The fourth-order valence-electron chi connectivity index (χ4n) is 1.53. The maximum Gasteiger partial charge on any atom is 0.266 e. The molecule has 0 saturated heterocycles. The number of anilines is 1. The zero-order chi connectivity index (χ0) is 14.9. The first kappa shape index (κ1) is 14.5. The molecule has 5 nitrogen and oxygen atoms in total. The minimum absolute atomic E-state index is 0.158. The Hall–Kier alpha value is -1.86. The second-order valence-corrected chi connectivity index (χ2v) is 6.34. The number of halogens is 2. The second kappa shape index (κ2) is 5.26. The number of benzene rings is 1. The van der Waals surface area contributed by atoms with Gasteiger partial charge < -0.3 is 4.98 Å². The average Bonchev–Trinajstić information content (AvgIpc) is 2.41. The van der Waals surface area contributed by atoms with Crippen molar-refractivity contribution in [1.82, 2.24) is 4.98 Å². The topological polar surface area (TPSA) is 70.2 Å².